The van der Waals surface area contributed by atoms with E-state index in [0.717, 1.165) is 21.8 Å². The molecule has 2 aromatic carbocycles. The summed E-state index contributed by atoms with van der Waals surface area (Å²) in [5.41, 5.74) is 6.98. The lowest BCUT2D eigenvalue weighted by Crippen LogP contribution is -2.30. The topological polar surface area (TPSA) is 76.5 Å². The third-order valence-corrected chi connectivity index (χ3v) is 6.06. The molecule has 0 unspecified atom stereocenters. The Hall–Kier alpha value is -2.68. The zero-order valence-corrected chi connectivity index (χ0v) is 18.0. The molecule has 0 saturated carbocycles. The third-order valence-electron chi connectivity index (χ3n) is 4.23. The van der Waals surface area contributed by atoms with Gasteiger partial charge in [0.25, 0.3) is 11.8 Å². The first-order valence-electron chi connectivity index (χ1n) is 8.46. The van der Waals surface area contributed by atoms with Crippen LogP contribution in [0.5, 0.6) is 0 Å². The van der Waals surface area contributed by atoms with E-state index in [1.165, 1.54) is 4.90 Å². The van der Waals surface area contributed by atoms with Crippen LogP contribution in [0.3, 0.4) is 0 Å². The van der Waals surface area contributed by atoms with Gasteiger partial charge >= 0.3 is 0 Å². The lowest BCUT2D eigenvalue weighted by molar-refractivity contribution is -0.113. The minimum atomic E-state index is -0.621. The van der Waals surface area contributed by atoms with E-state index >= 15 is 0 Å². The third kappa shape index (κ3) is 3.91. The largest absolute Gasteiger partial charge is 0.457 e. The molecule has 0 atom stereocenters. The Bertz CT molecular complexity index is 1170. The summed E-state index contributed by atoms with van der Waals surface area (Å²) >= 11 is 9.93. The molecule has 2 N–H and O–H groups in total. The first-order valence-corrected chi connectivity index (χ1v) is 10.5. The van der Waals surface area contributed by atoms with Crippen LogP contribution in [0.4, 0.5) is 5.69 Å². The number of hydrogen-bond donors (Lipinski definition) is 1. The van der Waals surface area contributed by atoms with E-state index in [0.29, 0.717) is 26.4 Å². The van der Waals surface area contributed by atoms with Gasteiger partial charge in [-0.1, -0.05) is 64.2 Å². The monoisotopic (exact) mass is 484 g/mol. The summed E-state index contributed by atoms with van der Waals surface area (Å²) in [4.78, 5) is 26.4. The molecule has 144 valence electrons. The van der Waals surface area contributed by atoms with Gasteiger partial charge in [-0.3, -0.25) is 14.5 Å². The van der Waals surface area contributed by atoms with Crippen molar-refractivity contribution in [3.8, 4) is 11.3 Å². The Morgan fingerprint density at radius 2 is 1.83 bits per heavy atom. The molecule has 29 heavy (non-hydrogen) atoms. The van der Waals surface area contributed by atoms with Gasteiger partial charge in [-0.05, 0) is 36.4 Å². The molecule has 2 amide bonds. The number of nitrogens with zero attached hydrogens (tertiary/aromatic N) is 1. The summed E-state index contributed by atoms with van der Waals surface area (Å²) in [6, 6.07) is 18.0. The molecule has 2 heterocycles. The first-order chi connectivity index (χ1) is 13.9. The Morgan fingerprint density at radius 1 is 1.10 bits per heavy atom. The van der Waals surface area contributed by atoms with Gasteiger partial charge in [0.1, 0.15) is 11.5 Å². The number of thioether (sulfide) groups is 1. The molecular formula is C21H13BrN2O3S2. The van der Waals surface area contributed by atoms with Crippen molar-refractivity contribution in [2.45, 2.75) is 0 Å². The molecule has 1 fully saturated rings. The van der Waals surface area contributed by atoms with Crippen molar-refractivity contribution in [2.75, 3.05) is 4.90 Å². The van der Waals surface area contributed by atoms with E-state index in [1.54, 1.807) is 36.4 Å². The van der Waals surface area contributed by atoms with Gasteiger partial charge in [0.2, 0.25) is 0 Å². The molecule has 0 bridgehead atoms. The highest BCUT2D eigenvalue weighted by molar-refractivity contribution is 9.10. The normalized spacial score (nSPS) is 15.3. The van der Waals surface area contributed by atoms with Crippen LogP contribution in [0.15, 0.2) is 74.5 Å². The van der Waals surface area contributed by atoms with Crippen molar-refractivity contribution in [3.05, 3.63) is 81.4 Å². The second-order valence-corrected chi connectivity index (χ2v) is 8.70. The maximum Gasteiger partial charge on any atom is 0.270 e. The molecule has 8 heteroatoms. The number of carbonyl (C=O) groups is 2. The lowest BCUT2D eigenvalue weighted by atomic mass is 10.1. The van der Waals surface area contributed by atoms with E-state index in [4.69, 9.17) is 22.4 Å². The molecule has 0 radical (unpaired) electrons. The number of primary amides is 1. The Labute approximate surface area is 184 Å². The number of rotatable bonds is 4. The van der Waals surface area contributed by atoms with Crippen LogP contribution in [0.2, 0.25) is 0 Å². The van der Waals surface area contributed by atoms with Crippen molar-refractivity contribution in [1.29, 1.82) is 0 Å². The van der Waals surface area contributed by atoms with Crippen molar-refractivity contribution < 1.29 is 14.0 Å². The molecule has 4 rings (SSSR count). The first kappa shape index (κ1) is 19.6. The van der Waals surface area contributed by atoms with Crippen LogP contribution in [-0.4, -0.2) is 16.1 Å². The van der Waals surface area contributed by atoms with Crippen molar-refractivity contribution in [1.82, 2.24) is 0 Å². The number of thiocarbonyl (C=S) groups is 1. The molecule has 1 aliphatic rings. The van der Waals surface area contributed by atoms with E-state index in [-0.39, 0.29) is 11.5 Å². The maximum absolute atomic E-state index is 13.0. The van der Waals surface area contributed by atoms with E-state index in [1.807, 2.05) is 30.3 Å². The highest BCUT2D eigenvalue weighted by atomic mass is 79.9. The van der Waals surface area contributed by atoms with Crippen molar-refractivity contribution >= 4 is 67.8 Å². The van der Waals surface area contributed by atoms with Crippen LogP contribution in [0, 0.1) is 0 Å². The summed E-state index contributed by atoms with van der Waals surface area (Å²) in [6.45, 7) is 0. The molecule has 5 nitrogen and oxygen atoms in total. The van der Waals surface area contributed by atoms with E-state index < -0.39 is 5.91 Å². The number of carbonyl (C=O) groups excluding carboxylic acids is 2. The molecule has 1 saturated heterocycles. The molecule has 0 spiro atoms. The average molecular weight is 485 g/mol. The van der Waals surface area contributed by atoms with Crippen LogP contribution in [-0.2, 0) is 4.79 Å². The molecule has 1 aliphatic heterocycles. The highest BCUT2D eigenvalue weighted by Crippen LogP contribution is 2.37. The predicted octanol–water partition coefficient (Wildman–Crippen LogP) is 5.21. The van der Waals surface area contributed by atoms with Crippen LogP contribution in [0.25, 0.3) is 17.4 Å². The smallest absolute Gasteiger partial charge is 0.270 e. The predicted molar refractivity (Wildman–Crippen MR) is 122 cm³/mol. The van der Waals surface area contributed by atoms with Crippen molar-refractivity contribution in [2.24, 2.45) is 5.73 Å². The Balaban J connectivity index is 1.64. The number of amides is 2. The van der Waals surface area contributed by atoms with Gasteiger partial charge in [-0.2, -0.15) is 0 Å². The van der Waals surface area contributed by atoms with Gasteiger partial charge in [-0.15, -0.1) is 0 Å². The zero-order valence-electron chi connectivity index (χ0n) is 14.8. The number of furan rings is 1. The quantitative estimate of drug-likeness (QED) is 0.406. The fourth-order valence-electron chi connectivity index (χ4n) is 2.88. The second kappa shape index (κ2) is 7.98. The van der Waals surface area contributed by atoms with E-state index in [2.05, 4.69) is 15.9 Å². The van der Waals surface area contributed by atoms with Gasteiger partial charge < -0.3 is 10.2 Å². The standard InChI is InChI=1S/C21H13BrN2O3S2/c22-13-7-5-12(6-8-13)17-10-9-14(27-17)11-18-20(26)24(21(28)29-18)16-4-2-1-3-15(16)19(23)25/h1-11H,(H2,23,25)/b18-11+. The fourth-order valence-corrected chi connectivity index (χ4v) is 4.41. The number of anilines is 1. The SMILES string of the molecule is NC(=O)c1ccccc1N1C(=O)/C(=C\c2ccc(-c3ccc(Br)cc3)o2)SC1=S. The van der Waals surface area contributed by atoms with Gasteiger partial charge in [0.15, 0.2) is 4.32 Å². The zero-order chi connectivity index (χ0) is 20.5. The molecule has 3 aromatic rings. The van der Waals surface area contributed by atoms with Gasteiger partial charge in [0.05, 0.1) is 16.2 Å². The Kier molecular flexibility index (Phi) is 5.40. The number of para-hydroxylation sites is 1. The van der Waals surface area contributed by atoms with Crippen LogP contribution in [0.1, 0.15) is 16.1 Å². The second-order valence-electron chi connectivity index (χ2n) is 6.11. The van der Waals surface area contributed by atoms with Gasteiger partial charge in [0, 0.05) is 16.1 Å². The van der Waals surface area contributed by atoms with Crippen molar-refractivity contribution in [3.63, 3.8) is 0 Å². The Morgan fingerprint density at radius 3 is 2.55 bits per heavy atom. The maximum atomic E-state index is 13.0. The fraction of sp³-hybridized carbons (Fsp3) is 0. The number of benzene rings is 2. The number of hydrogen-bond acceptors (Lipinski definition) is 5. The summed E-state index contributed by atoms with van der Waals surface area (Å²) in [7, 11) is 0. The summed E-state index contributed by atoms with van der Waals surface area (Å²) in [5.74, 6) is 0.281. The summed E-state index contributed by atoms with van der Waals surface area (Å²) in [5, 5.41) is 0. The van der Waals surface area contributed by atoms with Crippen LogP contribution < -0.4 is 10.6 Å². The minimum absolute atomic E-state index is 0.237. The summed E-state index contributed by atoms with van der Waals surface area (Å²) in [6.07, 6.45) is 1.65. The lowest BCUT2D eigenvalue weighted by Gasteiger charge is -2.17. The average Bonchev–Trinajstić information content (AvgIpc) is 3.27. The minimum Gasteiger partial charge on any atom is -0.457 e. The molecular weight excluding hydrogens is 472 g/mol. The molecule has 0 aliphatic carbocycles. The van der Waals surface area contributed by atoms with Gasteiger partial charge in [-0.25, -0.2) is 0 Å². The number of nitrogens with two attached hydrogens (primary N) is 1. The highest BCUT2D eigenvalue weighted by Gasteiger charge is 2.35. The summed E-state index contributed by atoms with van der Waals surface area (Å²) < 4.78 is 7.17. The van der Waals surface area contributed by atoms with E-state index in [9.17, 15) is 9.59 Å². The molecule has 1 aromatic heterocycles. The van der Waals surface area contributed by atoms with Crippen LogP contribution >= 0.6 is 39.9 Å². The number of halogens is 1.